The lowest BCUT2D eigenvalue weighted by Gasteiger charge is -2.55. The summed E-state index contributed by atoms with van der Waals surface area (Å²) in [5, 5.41) is 8.84. The Bertz CT molecular complexity index is 219. The number of hydrogen-bond donors (Lipinski definition) is 2. The van der Waals surface area contributed by atoms with E-state index in [2.05, 4.69) is 6.92 Å². The third-order valence-electron chi connectivity index (χ3n) is 3.72. The fourth-order valence-corrected chi connectivity index (χ4v) is 2.50. The number of rotatable bonds is 3. The number of nitrogens with two attached hydrogens (primary N) is 1. The molecule has 2 atom stereocenters. The first kappa shape index (κ1) is 10.5. The summed E-state index contributed by atoms with van der Waals surface area (Å²) in [6.45, 7) is 5.97. The van der Waals surface area contributed by atoms with Crippen LogP contribution in [0.2, 0.25) is 0 Å². The fourth-order valence-electron chi connectivity index (χ4n) is 2.50. The first-order chi connectivity index (χ1) is 5.79. The molecule has 13 heavy (non-hydrogen) atoms. The van der Waals surface area contributed by atoms with Gasteiger partial charge in [0.15, 0.2) is 0 Å². The molecule has 0 saturated heterocycles. The molecular formula is C10H19NO2. The maximum atomic E-state index is 10.7. The van der Waals surface area contributed by atoms with E-state index < -0.39 is 5.97 Å². The summed E-state index contributed by atoms with van der Waals surface area (Å²) in [7, 11) is 0. The van der Waals surface area contributed by atoms with Gasteiger partial charge in [-0.15, -0.1) is 0 Å². The highest BCUT2D eigenvalue weighted by molar-refractivity contribution is 5.68. The van der Waals surface area contributed by atoms with E-state index in [9.17, 15) is 4.79 Å². The van der Waals surface area contributed by atoms with Crippen molar-refractivity contribution in [3.05, 3.63) is 0 Å². The molecule has 0 aromatic carbocycles. The van der Waals surface area contributed by atoms with E-state index in [0.29, 0.717) is 5.92 Å². The minimum atomic E-state index is -0.731. The van der Waals surface area contributed by atoms with Crippen LogP contribution in [0.15, 0.2) is 0 Å². The van der Waals surface area contributed by atoms with Crippen LogP contribution >= 0.6 is 0 Å². The van der Waals surface area contributed by atoms with E-state index in [1.54, 1.807) is 0 Å². The average Bonchev–Trinajstić information content (AvgIpc) is 1.94. The molecule has 0 spiro atoms. The number of carbonyl (C=O) groups is 1. The lowest BCUT2D eigenvalue weighted by atomic mass is 9.51. The van der Waals surface area contributed by atoms with Crippen LogP contribution in [-0.4, -0.2) is 16.6 Å². The Morgan fingerprint density at radius 1 is 1.69 bits per heavy atom. The first-order valence-corrected chi connectivity index (χ1v) is 4.80. The highest BCUT2D eigenvalue weighted by Crippen LogP contribution is 2.54. The van der Waals surface area contributed by atoms with Crippen LogP contribution in [0.3, 0.4) is 0 Å². The number of hydrogen-bond acceptors (Lipinski definition) is 2. The molecule has 1 fully saturated rings. The molecule has 0 aliphatic heterocycles. The summed E-state index contributed by atoms with van der Waals surface area (Å²) >= 11 is 0. The molecule has 0 bridgehead atoms. The molecule has 1 rings (SSSR count). The minimum absolute atomic E-state index is 0.182. The van der Waals surface area contributed by atoms with Gasteiger partial charge in [-0.2, -0.15) is 0 Å². The zero-order chi connectivity index (χ0) is 10.3. The van der Waals surface area contributed by atoms with Crippen LogP contribution in [0.5, 0.6) is 0 Å². The molecule has 1 saturated carbocycles. The van der Waals surface area contributed by atoms with E-state index in [1.165, 1.54) is 0 Å². The topological polar surface area (TPSA) is 63.3 Å². The molecule has 1 aliphatic rings. The van der Waals surface area contributed by atoms with E-state index in [1.807, 2.05) is 13.8 Å². The SMILES string of the molecule is CC1CCC1(CC(=O)O)C(C)(C)N. The number of carboxylic acids is 1. The maximum absolute atomic E-state index is 10.7. The summed E-state index contributed by atoms with van der Waals surface area (Å²) in [5.74, 6) is -0.298. The maximum Gasteiger partial charge on any atom is 0.303 e. The lowest BCUT2D eigenvalue weighted by molar-refractivity contribution is -0.147. The lowest BCUT2D eigenvalue weighted by Crippen LogP contribution is -2.59. The standard InChI is InChI=1S/C10H19NO2/c1-7-4-5-10(7,6-8(12)13)9(2,3)11/h7H,4-6,11H2,1-3H3,(H,12,13). The third-order valence-corrected chi connectivity index (χ3v) is 3.72. The highest BCUT2D eigenvalue weighted by atomic mass is 16.4. The zero-order valence-electron chi connectivity index (χ0n) is 8.63. The number of carboxylic acid groups (broad SMARTS) is 1. The zero-order valence-corrected chi connectivity index (χ0v) is 8.63. The van der Waals surface area contributed by atoms with Gasteiger partial charge in [0, 0.05) is 11.0 Å². The molecule has 0 radical (unpaired) electrons. The Morgan fingerprint density at radius 2 is 2.23 bits per heavy atom. The molecule has 3 heteroatoms. The van der Waals surface area contributed by atoms with Gasteiger partial charge in [0.1, 0.15) is 0 Å². The summed E-state index contributed by atoms with van der Waals surface area (Å²) < 4.78 is 0. The second kappa shape index (κ2) is 2.98. The van der Waals surface area contributed by atoms with Crippen LogP contribution < -0.4 is 5.73 Å². The van der Waals surface area contributed by atoms with Crippen molar-refractivity contribution in [2.24, 2.45) is 17.1 Å². The van der Waals surface area contributed by atoms with Crippen LogP contribution in [0, 0.1) is 11.3 Å². The molecule has 0 amide bonds. The Kier molecular flexibility index (Phi) is 2.41. The molecule has 1 aliphatic carbocycles. The van der Waals surface area contributed by atoms with Gasteiger partial charge in [-0.05, 0) is 32.6 Å². The van der Waals surface area contributed by atoms with Crippen molar-refractivity contribution < 1.29 is 9.90 Å². The quantitative estimate of drug-likeness (QED) is 0.702. The predicted octanol–water partition coefficient (Wildman–Crippen LogP) is 1.61. The van der Waals surface area contributed by atoms with Gasteiger partial charge in [-0.25, -0.2) is 0 Å². The molecule has 0 aromatic heterocycles. The van der Waals surface area contributed by atoms with E-state index >= 15 is 0 Å². The molecule has 0 aromatic rings. The van der Waals surface area contributed by atoms with Crippen LogP contribution in [-0.2, 0) is 4.79 Å². The van der Waals surface area contributed by atoms with Crippen LogP contribution in [0.4, 0.5) is 0 Å². The Hall–Kier alpha value is -0.570. The van der Waals surface area contributed by atoms with Gasteiger partial charge in [0.2, 0.25) is 0 Å². The molecule has 2 unspecified atom stereocenters. The highest BCUT2D eigenvalue weighted by Gasteiger charge is 2.53. The molecular weight excluding hydrogens is 166 g/mol. The second-order valence-corrected chi connectivity index (χ2v) is 4.89. The normalized spacial score (nSPS) is 34.0. The van der Waals surface area contributed by atoms with Gasteiger partial charge in [-0.1, -0.05) is 6.92 Å². The van der Waals surface area contributed by atoms with E-state index in [-0.39, 0.29) is 17.4 Å². The molecule has 3 nitrogen and oxygen atoms in total. The summed E-state index contributed by atoms with van der Waals surface area (Å²) in [6.07, 6.45) is 2.26. The van der Waals surface area contributed by atoms with Crippen molar-refractivity contribution in [3.63, 3.8) is 0 Å². The van der Waals surface area contributed by atoms with Gasteiger partial charge in [-0.3, -0.25) is 4.79 Å². The minimum Gasteiger partial charge on any atom is -0.481 e. The molecule has 0 heterocycles. The fraction of sp³-hybridized carbons (Fsp3) is 0.900. The van der Waals surface area contributed by atoms with Crippen molar-refractivity contribution in [3.8, 4) is 0 Å². The first-order valence-electron chi connectivity index (χ1n) is 4.80. The van der Waals surface area contributed by atoms with Crippen LogP contribution in [0.1, 0.15) is 40.0 Å². The van der Waals surface area contributed by atoms with Crippen molar-refractivity contribution in [1.82, 2.24) is 0 Å². The predicted molar refractivity (Wildman–Crippen MR) is 51.4 cm³/mol. The van der Waals surface area contributed by atoms with Gasteiger partial charge < -0.3 is 10.8 Å². The van der Waals surface area contributed by atoms with Gasteiger partial charge in [0.05, 0.1) is 6.42 Å². The Morgan fingerprint density at radius 3 is 2.31 bits per heavy atom. The second-order valence-electron chi connectivity index (χ2n) is 4.89. The smallest absolute Gasteiger partial charge is 0.303 e. The molecule has 76 valence electrons. The average molecular weight is 185 g/mol. The van der Waals surface area contributed by atoms with Crippen molar-refractivity contribution in [1.29, 1.82) is 0 Å². The van der Waals surface area contributed by atoms with E-state index in [0.717, 1.165) is 12.8 Å². The number of aliphatic carboxylic acids is 1. The third kappa shape index (κ3) is 1.57. The van der Waals surface area contributed by atoms with E-state index in [4.69, 9.17) is 10.8 Å². The Labute approximate surface area is 79.3 Å². The van der Waals surface area contributed by atoms with Gasteiger partial charge in [0.25, 0.3) is 0 Å². The van der Waals surface area contributed by atoms with Crippen molar-refractivity contribution >= 4 is 5.97 Å². The van der Waals surface area contributed by atoms with Gasteiger partial charge >= 0.3 is 5.97 Å². The van der Waals surface area contributed by atoms with Crippen LogP contribution in [0.25, 0.3) is 0 Å². The van der Waals surface area contributed by atoms with Crippen molar-refractivity contribution in [2.75, 3.05) is 0 Å². The van der Waals surface area contributed by atoms with Crippen molar-refractivity contribution in [2.45, 2.75) is 45.6 Å². The summed E-state index contributed by atoms with van der Waals surface area (Å²) in [5.41, 5.74) is 5.48. The Balaban J connectivity index is 2.83. The monoisotopic (exact) mass is 185 g/mol. The summed E-state index contributed by atoms with van der Waals surface area (Å²) in [6, 6.07) is 0. The molecule has 3 N–H and O–H groups in total. The largest absolute Gasteiger partial charge is 0.481 e. The summed E-state index contributed by atoms with van der Waals surface area (Å²) in [4.78, 5) is 10.7.